The van der Waals surface area contributed by atoms with Gasteiger partial charge >= 0.3 is 5.97 Å². The summed E-state index contributed by atoms with van der Waals surface area (Å²) in [6.45, 7) is 5.07. The van der Waals surface area contributed by atoms with E-state index in [1.54, 1.807) is 20.8 Å². The average molecular weight is 250 g/mol. The van der Waals surface area contributed by atoms with Crippen molar-refractivity contribution < 1.29 is 34.7 Å². The van der Waals surface area contributed by atoms with Crippen LogP contribution in [0.25, 0.3) is 0 Å². The number of carboxylic acid groups (broad SMARTS) is 1. The molecule has 0 amide bonds. The van der Waals surface area contributed by atoms with Crippen molar-refractivity contribution in [1.29, 1.82) is 0 Å². The van der Waals surface area contributed by atoms with Crippen LogP contribution < -0.4 is 0 Å². The van der Waals surface area contributed by atoms with Crippen molar-refractivity contribution in [2.24, 2.45) is 0 Å². The van der Waals surface area contributed by atoms with Gasteiger partial charge in [0.05, 0.1) is 5.60 Å². The monoisotopic (exact) mass is 250 g/mol. The van der Waals surface area contributed by atoms with Crippen LogP contribution in [0.4, 0.5) is 0 Å². The van der Waals surface area contributed by atoms with Crippen LogP contribution in [0.2, 0.25) is 0 Å². The Kier molecular flexibility index (Phi) is 4.11. The molecule has 1 aliphatic heterocycles. The minimum atomic E-state index is -1.69. The Labute approximate surface area is 98.6 Å². The Bertz CT molecular complexity index is 285. The molecular weight excluding hydrogens is 232 g/mol. The second kappa shape index (κ2) is 4.87. The maximum absolute atomic E-state index is 10.8. The van der Waals surface area contributed by atoms with Crippen LogP contribution >= 0.6 is 0 Å². The highest BCUT2D eigenvalue weighted by molar-refractivity contribution is 5.73. The molecule has 1 aliphatic rings. The van der Waals surface area contributed by atoms with Crippen molar-refractivity contribution in [3.63, 3.8) is 0 Å². The standard InChI is InChI=1S/C10H18O7/c1-10(2,3)17-9-6(13)4(11)5(12)7(16-9)8(14)15/h4-7,9,11-13H,1-3H3,(H,14,15)/t4-,5-,6?,7?,9-/m0/s1. The van der Waals surface area contributed by atoms with Crippen LogP contribution in [0.5, 0.6) is 0 Å². The molecule has 100 valence electrons. The van der Waals surface area contributed by atoms with E-state index in [1.807, 2.05) is 0 Å². The lowest BCUT2D eigenvalue weighted by atomic mass is 9.98. The fraction of sp³-hybridized carbons (Fsp3) is 0.900. The van der Waals surface area contributed by atoms with Gasteiger partial charge in [0.1, 0.15) is 18.3 Å². The first-order valence-electron chi connectivity index (χ1n) is 5.24. The molecule has 1 rings (SSSR count). The van der Waals surface area contributed by atoms with E-state index in [1.165, 1.54) is 0 Å². The summed E-state index contributed by atoms with van der Waals surface area (Å²) in [7, 11) is 0. The predicted octanol–water partition coefficient (Wildman–Crippen LogP) is -1.31. The van der Waals surface area contributed by atoms with Gasteiger partial charge in [0, 0.05) is 0 Å². The molecule has 7 heteroatoms. The zero-order valence-electron chi connectivity index (χ0n) is 9.90. The van der Waals surface area contributed by atoms with Gasteiger partial charge in [-0.2, -0.15) is 0 Å². The van der Waals surface area contributed by atoms with E-state index < -0.39 is 42.3 Å². The zero-order valence-corrected chi connectivity index (χ0v) is 9.90. The largest absolute Gasteiger partial charge is 0.479 e. The molecule has 0 saturated carbocycles. The molecule has 1 fully saturated rings. The van der Waals surface area contributed by atoms with E-state index in [4.69, 9.17) is 14.6 Å². The van der Waals surface area contributed by atoms with E-state index in [0.717, 1.165) is 0 Å². The fourth-order valence-corrected chi connectivity index (χ4v) is 1.50. The maximum atomic E-state index is 10.8. The van der Waals surface area contributed by atoms with Crippen LogP contribution in [0.1, 0.15) is 20.8 Å². The molecule has 17 heavy (non-hydrogen) atoms. The van der Waals surface area contributed by atoms with Gasteiger partial charge in [0.15, 0.2) is 12.4 Å². The van der Waals surface area contributed by atoms with E-state index in [2.05, 4.69) is 0 Å². The van der Waals surface area contributed by atoms with Crippen molar-refractivity contribution in [2.75, 3.05) is 0 Å². The Hall–Kier alpha value is -0.730. The molecule has 0 radical (unpaired) electrons. The summed E-state index contributed by atoms with van der Waals surface area (Å²) in [5, 5.41) is 37.3. The number of hydrogen-bond donors (Lipinski definition) is 4. The van der Waals surface area contributed by atoms with Crippen molar-refractivity contribution in [3.05, 3.63) is 0 Å². The van der Waals surface area contributed by atoms with Gasteiger partial charge in [-0.3, -0.25) is 0 Å². The first kappa shape index (κ1) is 14.3. The first-order chi connectivity index (χ1) is 7.63. The van der Waals surface area contributed by atoms with Crippen LogP contribution in [-0.2, 0) is 14.3 Å². The van der Waals surface area contributed by atoms with Gasteiger partial charge in [-0.15, -0.1) is 0 Å². The van der Waals surface area contributed by atoms with Crippen molar-refractivity contribution in [3.8, 4) is 0 Å². The fourth-order valence-electron chi connectivity index (χ4n) is 1.50. The van der Waals surface area contributed by atoms with Crippen LogP contribution in [-0.4, -0.2) is 62.7 Å². The molecule has 0 aromatic rings. The van der Waals surface area contributed by atoms with Crippen LogP contribution in [0.3, 0.4) is 0 Å². The third-order valence-electron chi connectivity index (χ3n) is 2.28. The average Bonchev–Trinajstić information content (AvgIpc) is 2.16. The number of carbonyl (C=O) groups is 1. The summed E-state index contributed by atoms with van der Waals surface area (Å²) in [5.41, 5.74) is -0.684. The lowest BCUT2D eigenvalue weighted by Gasteiger charge is -2.40. The number of aliphatic hydroxyl groups is 3. The molecule has 0 aromatic heterocycles. The normalized spacial score (nSPS) is 39.1. The lowest BCUT2D eigenvalue weighted by Crippen LogP contribution is -2.61. The number of rotatable bonds is 2. The molecule has 0 spiro atoms. The highest BCUT2D eigenvalue weighted by atomic mass is 16.7. The minimum absolute atomic E-state index is 0.684. The van der Waals surface area contributed by atoms with Gasteiger partial charge in [0.25, 0.3) is 0 Å². The second-order valence-electron chi connectivity index (χ2n) is 4.97. The predicted molar refractivity (Wildman–Crippen MR) is 55.2 cm³/mol. The molecule has 0 aliphatic carbocycles. The van der Waals surface area contributed by atoms with Gasteiger partial charge in [-0.25, -0.2) is 4.79 Å². The van der Waals surface area contributed by atoms with Crippen molar-refractivity contribution >= 4 is 5.97 Å². The smallest absolute Gasteiger partial charge is 0.335 e. The van der Waals surface area contributed by atoms with Gasteiger partial charge in [-0.05, 0) is 20.8 Å². The van der Waals surface area contributed by atoms with Gasteiger partial charge < -0.3 is 29.9 Å². The SMILES string of the molecule is CC(C)(C)O[C@@H]1OC(C(=O)O)[C@@H](O)[C@H](O)C1O. The molecule has 4 N–H and O–H groups in total. The van der Waals surface area contributed by atoms with Gasteiger partial charge in [-0.1, -0.05) is 0 Å². The molecule has 1 saturated heterocycles. The highest BCUT2D eigenvalue weighted by Gasteiger charge is 2.48. The topological polar surface area (TPSA) is 116 Å². The quantitative estimate of drug-likeness (QED) is 0.481. The van der Waals surface area contributed by atoms with Crippen molar-refractivity contribution in [2.45, 2.75) is 57.1 Å². The van der Waals surface area contributed by atoms with E-state index in [0.29, 0.717) is 0 Å². The van der Waals surface area contributed by atoms with Crippen molar-refractivity contribution in [1.82, 2.24) is 0 Å². The number of aliphatic hydroxyl groups excluding tert-OH is 3. The zero-order chi connectivity index (χ0) is 13.4. The molecule has 2 unspecified atom stereocenters. The molecule has 1 heterocycles. The second-order valence-corrected chi connectivity index (χ2v) is 4.97. The van der Waals surface area contributed by atoms with Crippen LogP contribution in [0, 0.1) is 0 Å². The Balaban J connectivity index is 2.82. The molecule has 0 bridgehead atoms. The number of hydrogen-bond acceptors (Lipinski definition) is 6. The summed E-state index contributed by atoms with van der Waals surface area (Å²) in [6, 6.07) is 0. The molecule has 7 nitrogen and oxygen atoms in total. The number of ether oxygens (including phenoxy) is 2. The van der Waals surface area contributed by atoms with Crippen LogP contribution in [0.15, 0.2) is 0 Å². The Morgan fingerprint density at radius 1 is 1.12 bits per heavy atom. The Morgan fingerprint density at radius 2 is 1.65 bits per heavy atom. The number of carboxylic acids is 1. The highest BCUT2D eigenvalue weighted by Crippen LogP contribution is 2.25. The minimum Gasteiger partial charge on any atom is -0.479 e. The lowest BCUT2D eigenvalue weighted by molar-refractivity contribution is -0.314. The molecule has 0 aromatic carbocycles. The van der Waals surface area contributed by atoms with E-state index in [-0.39, 0.29) is 0 Å². The maximum Gasteiger partial charge on any atom is 0.335 e. The van der Waals surface area contributed by atoms with Gasteiger partial charge in [0.2, 0.25) is 0 Å². The summed E-state index contributed by atoms with van der Waals surface area (Å²) >= 11 is 0. The molecule has 5 atom stereocenters. The third-order valence-corrected chi connectivity index (χ3v) is 2.28. The van der Waals surface area contributed by atoms with E-state index >= 15 is 0 Å². The summed E-state index contributed by atoms with van der Waals surface area (Å²) in [5.74, 6) is -1.43. The first-order valence-corrected chi connectivity index (χ1v) is 5.24. The third kappa shape index (κ3) is 3.36. The summed E-state index contributed by atoms with van der Waals surface area (Å²) in [4.78, 5) is 10.8. The Morgan fingerprint density at radius 3 is 2.06 bits per heavy atom. The summed E-state index contributed by atoms with van der Waals surface area (Å²) < 4.78 is 10.2. The molecular formula is C10H18O7. The van der Waals surface area contributed by atoms with E-state index in [9.17, 15) is 20.1 Å². The number of aliphatic carboxylic acids is 1. The summed E-state index contributed by atoms with van der Waals surface area (Å²) in [6.07, 6.45) is -7.74.